The maximum absolute atomic E-state index is 12.4. The summed E-state index contributed by atoms with van der Waals surface area (Å²) in [7, 11) is 0. The van der Waals surface area contributed by atoms with Gasteiger partial charge in [0.1, 0.15) is 5.75 Å². The Morgan fingerprint density at radius 2 is 1.04 bits per heavy atom. The summed E-state index contributed by atoms with van der Waals surface area (Å²) in [6, 6.07) is 2.38. The maximum atomic E-state index is 12.4. The molecular weight excluding hydrogens is 332 g/mol. The summed E-state index contributed by atoms with van der Waals surface area (Å²) >= 11 is 0. The zero-order chi connectivity index (χ0) is 21.6. The SMILES string of the molecule is CCC(=O)Oc1c(C(C)(C)C)c(C(C)(C)C)cc(C(C)(C)C)c1C(C)(C)C. The first kappa shape index (κ1) is 23.7. The summed E-state index contributed by atoms with van der Waals surface area (Å²) in [6.45, 7) is 28.6. The van der Waals surface area contributed by atoms with Gasteiger partial charge in [-0.05, 0) is 32.8 Å². The van der Waals surface area contributed by atoms with Crippen LogP contribution in [0.25, 0.3) is 0 Å². The molecule has 2 heteroatoms. The van der Waals surface area contributed by atoms with Gasteiger partial charge in [-0.1, -0.05) is 96.1 Å². The molecule has 0 saturated carbocycles. The Bertz CT molecular complexity index is 646. The van der Waals surface area contributed by atoms with Gasteiger partial charge in [0.25, 0.3) is 0 Å². The van der Waals surface area contributed by atoms with Crippen molar-refractivity contribution in [2.45, 2.75) is 118 Å². The minimum Gasteiger partial charge on any atom is -0.426 e. The van der Waals surface area contributed by atoms with Crippen molar-refractivity contribution in [2.24, 2.45) is 0 Å². The topological polar surface area (TPSA) is 26.3 Å². The second kappa shape index (κ2) is 7.26. The monoisotopic (exact) mass is 374 g/mol. The largest absolute Gasteiger partial charge is 0.426 e. The van der Waals surface area contributed by atoms with E-state index in [1.165, 1.54) is 11.1 Å². The van der Waals surface area contributed by atoms with Crippen LogP contribution in [0.5, 0.6) is 5.75 Å². The lowest BCUT2D eigenvalue weighted by Gasteiger charge is -2.39. The zero-order valence-corrected chi connectivity index (χ0v) is 20.1. The summed E-state index contributed by atoms with van der Waals surface area (Å²) in [6.07, 6.45) is 0.373. The van der Waals surface area contributed by atoms with E-state index in [2.05, 4.69) is 89.2 Å². The first-order chi connectivity index (χ1) is 11.8. The van der Waals surface area contributed by atoms with Gasteiger partial charge in [0.2, 0.25) is 0 Å². The quantitative estimate of drug-likeness (QED) is 0.404. The van der Waals surface area contributed by atoms with Gasteiger partial charge in [0.15, 0.2) is 0 Å². The summed E-state index contributed by atoms with van der Waals surface area (Å²) in [5, 5.41) is 0. The highest BCUT2D eigenvalue weighted by molar-refractivity contribution is 5.74. The fourth-order valence-electron chi connectivity index (χ4n) is 3.62. The molecule has 27 heavy (non-hydrogen) atoms. The fourth-order valence-corrected chi connectivity index (χ4v) is 3.62. The van der Waals surface area contributed by atoms with E-state index >= 15 is 0 Å². The molecule has 1 rings (SSSR count). The Morgan fingerprint density at radius 1 is 0.704 bits per heavy atom. The summed E-state index contributed by atoms with van der Waals surface area (Å²) in [4.78, 5) is 12.4. The molecule has 0 unspecified atom stereocenters. The van der Waals surface area contributed by atoms with Crippen molar-refractivity contribution < 1.29 is 9.53 Å². The molecule has 0 aliphatic carbocycles. The van der Waals surface area contributed by atoms with Crippen LogP contribution in [0.4, 0.5) is 0 Å². The lowest BCUT2D eigenvalue weighted by atomic mass is 9.67. The van der Waals surface area contributed by atoms with Gasteiger partial charge in [0, 0.05) is 17.5 Å². The van der Waals surface area contributed by atoms with Crippen molar-refractivity contribution in [3.05, 3.63) is 28.3 Å². The van der Waals surface area contributed by atoms with Gasteiger partial charge in [-0.15, -0.1) is 0 Å². The molecule has 1 aromatic carbocycles. The van der Waals surface area contributed by atoms with Crippen molar-refractivity contribution in [1.29, 1.82) is 0 Å². The minimum absolute atomic E-state index is 0.0492. The molecule has 0 radical (unpaired) electrons. The second-order valence-corrected chi connectivity index (χ2v) is 11.9. The lowest BCUT2D eigenvalue weighted by Crippen LogP contribution is -2.31. The van der Waals surface area contributed by atoms with Crippen LogP contribution >= 0.6 is 0 Å². The van der Waals surface area contributed by atoms with Gasteiger partial charge in [0.05, 0.1) is 0 Å². The molecule has 0 N–H and O–H groups in total. The van der Waals surface area contributed by atoms with Crippen LogP contribution in [0.1, 0.15) is 119 Å². The second-order valence-electron chi connectivity index (χ2n) is 11.9. The average Bonchev–Trinajstić information content (AvgIpc) is 2.41. The zero-order valence-electron chi connectivity index (χ0n) is 20.1. The molecule has 0 amide bonds. The van der Waals surface area contributed by atoms with Crippen LogP contribution in [0.3, 0.4) is 0 Å². The number of esters is 1. The first-order valence-electron chi connectivity index (χ1n) is 10.3. The average molecular weight is 375 g/mol. The van der Waals surface area contributed by atoms with Crippen molar-refractivity contribution in [2.75, 3.05) is 0 Å². The summed E-state index contributed by atoms with van der Waals surface area (Å²) in [5.41, 5.74) is 4.49. The third-order valence-electron chi connectivity index (χ3n) is 4.90. The summed E-state index contributed by atoms with van der Waals surface area (Å²) in [5.74, 6) is 0.621. The van der Waals surface area contributed by atoms with Crippen molar-refractivity contribution in [1.82, 2.24) is 0 Å². The van der Waals surface area contributed by atoms with E-state index in [4.69, 9.17) is 4.74 Å². The first-order valence-corrected chi connectivity index (χ1v) is 10.3. The molecule has 0 spiro atoms. The number of hydrogen-bond acceptors (Lipinski definition) is 2. The van der Waals surface area contributed by atoms with E-state index < -0.39 is 0 Å². The number of carbonyl (C=O) groups is 1. The third kappa shape index (κ3) is 5.36. The molecule has 0 fully saturated rings. The highest BCUT2D eigenvalue weighted by Crippen LogP contribution is 2.49. The number of rotatable bonds is 2. The fraction of sp³-hybridized carbons (Fsp3) is 0.720. The highest BCUT2D eigenvalue weighted by Gasteiger charge is 2.38. The molecule has 0 bridgehead atoms. The van der Waals surface area contributed by atoms with Gasteiger partial charge in [-0.2, -0.15) is 0 Å². The van der Waals surface area contributed by atoms with Crippen molar-refractivity contribution in [3.63, 3.8) is 0 Å². The molecule has 0 aromatic heterocycles. The van der Waals surface area contributed by atoms with Crippen molar-refractivity contribution >= 4 is 5.97 Å². The van der Waals surface area contributed by atoms with Gasteiger partial charge < -0.3 is 4.74 Å². The Kier molecular flexibility index (Phi) is 6.38. The number of benzene rings is 1. The van der Waals surface area contributed by atoms with Gasteiger partial charge >= 0.3 is 5.97 Å². The van der Waals surface area contributed by atoms with E-state index in [-0.39, 0.29) is 27.6 Å². The van der Waals surface area contributed by atoms with Gasteiger partial charge in [-0.25, -0.2) is 0 Å². The Morgan fingerprint density at radius 3 is 1.26 bits per heavy atom. The molecule has 154 valence electrons. The molecule has 0 aliphatic rings. The number of ether oxygens (including phenoxy) is 1. The van der Waals surface area contributed by atoms with Crippen molar-refractivity contribution in [3.8, 4) is 5.75 Å². The van der Waals surface area contributed by atoms with Crippen LogP contribution in [-0.4, -0.2) is 5.97 Å². The Labute approximate surface area is 168 Å². The normalized spacial score (nSPS) is 13.7. The Hall–Kier alpha value is -1.31. The minimum atomic E-state index is -0.170. The molecular formula is C25H42O2. The van der Waals surface area contributed by atoms with E-state index in [0.717, 1.165) is 16.9 Å². The molecule has 0 heterocycles. The smallest absolute Gasteiger partial charge is 0.310 e. The van der Waals surface area contributed by atoms with E-state index in [9.17, 15) is 4.79 Å². The Balaban J connectivity index is 4.26. The van der Waals surface area contributed by atoms with Crippen LogP contribution in [0, 0.1) is 0 Å². The van der Waals surface area contributed by atoms with Crippen LogP contribution in [0.15, 0.2) is 6.07 Å². The van der Waals surface area contributed by atoms with E-state index in [1.807, 2.05) is 6.92 Å². The standard InChI is InChI=1S/C25H42O2/c1-14-18(26)27-21-19(24(8,9)10)16(22(2,3)4)15-17(23(5,6)7)20(21)25(11,12)13/h15H,14H2,1-13H3. The molecule has 1 aromatic rings. The molecule has 0 saturated heterocycles. The van der Waals surface area contributed by atoms with Crippen LogP contribution in [-0.2, 0) is 26.5 Å². The molecule has 0 aliphatic heterocycles. The third-order valence-corrected chi connectivity index (χ3v) is 4.90. The maximum Gasteiger partial charge on any atom is 0.310 e. The highest BCUT2D eigenvalue weighted by atomic mass is 16.5. The summed E-state index contributed by atoms with van der Waals surface area (Å²) < 4.78 is 6.11. The molecule has 2 nitrogen and oxygen atoms in total. The van der Waals surface area contributed by atoms with E-state index in [0.29, 0.717) is 6.42 Å². The van der Waals surface area contributed by atoms with Crippen LogP contribution in [0.2, 0.25) is 0 Å². The predicted octanol–water partition coefficient (Wildman–Crippen LogP) is 7.19. The van der Waals surface area contributed by atoms with Crippen LogP contribution < -0.4 is 4.74 Å². The predicted molar refractivity (Wildman–Crippen MR) is 117 cm³/mol. The number of hydrogen-bond donors (Lipinski definition) is 0. The molecule has 0 atom stereocenters. The lowest BCUT2D eigenvalue weighted by molar-refractivity contribution is -0.134. The van der Waals surface area contributed by atoms with E-state index in [1.54, 1.807) is 0 Å². The number of carbonyl (C=O) groups excluding carboxylic acids is 1. The van der Waals surface area contributed by atoms with Gasteiger partial charge in [-0.3, -0.25) is 4.79 Å².